The molecular formula is C9H19NO3. The highest BCUT2D eigenvalue weighted by Crippen LogP contribution is 2.26. The number of carboxylic acid groups (broad SMARTS) is 1. The molecule has 0 aromatic rings. The molecule has 0 aliphatic carbocycles. The van der Waals surface area contributed by atoms with Crippen LogP contribution in [0.2, 0.25) is 0 Å². The lowest BCUT2D eigenvalue weighted by Gasteiger charge is -2.32. The fraction of sp³-hybridized carbons (Fsp3) is 0.889. The molecule has 0 aliphatic heterocycles. The Morgan fingerprint density at radius 1 is 1.38 bits per heavy atom. The summed E-state index contributed by atoms with van der Waals surface area (Å²) in [5, 5.41) is 18.6. The van der Waals surface area contributed by atoms with Crippen molar-refractivity contribution in [1.29, 1.82) is 0 Å². The van der Waals surface area contributed by atoms with Crippen LogP contribution in [0.15, 0.2) is 0 Å². The van der Waals surface area contributed by atoms with Crippen LogP contribution in [0.4, 0.5) is 0 Å². The summed E-state index contributed by atoms with van der Waals surface area (Å²) in [5.74, 6) is -1.95. The molecule has 4 N–H and O–H groups in total. The molecule has 3 atom stereocenters. The van der Waals surface area contributed by atoms with E-state index in [-0.39, 0.29) is 0 Å². The number of aliphatic carboxylic acids is 1. The molecule has 0 saturated heterocycles. The topological polar surface area (TPSA) is 83.6 Å². The van der Waals surface area contributed by atoms with Gasteiger partial charge in [-0.15, -0.1) is 0 Å². The Morgan fingerprint density at radius 3 is 1.85 bits per heavy atom. The fourth-order valence-electron chi connectivity index (χ4n) is 1.19. The number of rotatable bonds is 3. The molecule has 4 heteroatoms. The zero-order valence-electron chi connectivity index (χ0n) is 8.61. The number of hydrogen-bond donors (Lipinski definition) is 3. The van der Waals surface area contributed by atoms with Crippen LogP contribution in [0.5, 0.6) is 0 Å². The van der Waals surface area contributed by atoms with Gasteiger partial charge in [0.2, 0.25) is 0 Å². The highest BCUT2D eigenvalue weighted by molar-refractivity contribution is 5.71. The molecule has 0 amide bonds. The molecule has 0 aliphatic rings. The van der Waals surface area contributed by atoms with Gasteiger partial charge in [0, 0.05) is 6.04 Å². The van der Waals surface area contributed by atoms with Crippen LogP contribution in [-0.4, -0.2) is 28.3 Å². The Morgan fingerprint density at radius 2 is 1.77 bits per heavy atom. The fourth-order valence-corrected chi connectivity index (χ4v) is 1.19. The first-order valence-corrected chi connectivity index (χ1v) is 4.34. The van der Waals surface area contributed by atoms with Crippen molar-refractivity contribution < 1.29 is 15.0 Å². The smallest absolute Gasteiger partial charge is 0.310 e. The molecule has 0 radical (unpaired) electrons. The van der Waals surface area contributed by atoms with Gasteiger partial charge in [0.05, 0.1) is 12.0 Å². The average molecular weight is 189 g/mol. The van der Waals surface area contributed by atoms with Gasteiger partial charge in [-0.2, -0.15) is 0 Å². The Kier molecular flexibility index (Phi) is 3.88. The summed E-state index contributed by atoms with van der Waals surface area (Å²) in [7, 11) is 0. The SMILES string of the molecule is C[C@H](N)[C@@H](C(=O)O)[C@H](O)C(C)(C)C. The van der Waals surface area contributed by atoms with E-state index < -0.39 is 29.4 Å². The molecule has 4 nitrogen and oxygen atoms in total. The van der Waals surface area contributed by atoms with Crippen molar-refractivity contribution in [2.45, 2.75) is 39.8 Å². The molecule has 0 rings (SSSR count). The highest BCUT2D eigenvalue weighted by Gasteiger charge is 2.37. The summed E-state index contributed by atoms with van der Waals surface area (Å²) in [6.45, 7) is 6.95. The Labute approximate surface area is 78.7 Å². The van der Waals surface area contributed by atoms with E-state index in [2.05, 4.69) is 0 Å². The van der Waals surface area contributed by atoms with Crippen molar-refractivity contribution in [3.05, 3.63) is 0 Å². The van der Waals surface area contributed by atoms with Gasteiger partial charge in [-0.1, -0.05) is 20.8 Å². The molecule has 13 heavy (non-hydrogen) atoms. The molecule has 0 aromatic carbocycles. The van der Waals surface area contributed by atoms with Crippen LogP contribution in [0, 0.1) is 11.3 Å². The second kappa shape index (κ2) is 4.07. The van der Waals surface area contributed by atoms with E-state index in [4.69, 9.17) is 10.8 Å². The minimum absolute atomic E-state index is 0.462. The second-order valence-corrected chi connectivity index (χ2v) is 4.53. The quantitative estimate of drug-likeness (QED) is 0.601. The summed E-state index contributed by atoms with van der Waals surface area (Å²) in [4.78, 5) is 10.8. The largest absolute Gasteiger partial charge is 0.481 e. The summed E-state index contributed by atoms with van der Waals surface area (Å²) in [6.07, 6.45) is -0.926. The minimum Gasteiger partial charge on any atom is -0.481 e. The summed E-state index contributed by atoms with van der Waals surface area (Å²) >= 11 is 0. The Hall–Kier alpha value is -0.610. The third kappa shape index (κ3) is 3.32. The van der Waals surface area contributed by atoms with Crippen LogP contribution in [0.3, 0.4) is 0 Å². The monoisotopic (exact) mass is 189 g/mol. The second-order valence-electron chi connectivity index (χ2n) is 4.53. The van der Waals surface area contributed by atoms with E-state index in [1.165, 1.54) is 0 Å². The van der Waals surface area contributed by atoms with Gasteiger partial charge in [-0.05, 0) is 12.3 Å². The first-order chi connectivity index (χ1) is 5.68. The zero-order chi connectivity index (χ0) is 10.8. The van der Waals surface area contributed by atoms with Crippen molar-refractivity contribution in [3.63, 3.8) is 0 Å². The normalized spacial score (nSPS) is 19.2. The van der Waals surface area contributed by atoms with Gasteiger partial charge in [0.15, 0.2) is 0 Å². The number of aliphatic hydroxyl groups is 1. The van der Waals surface area contributed by atoms with Gasteiger partial charge in [-0.25, -0.2) is 0 Å². The molecule has 0 saturated carbocycles. The van der Waals surface area contributed by atoms with E-state index >= 15 is 0 Å². The number of nitrogens with two attached hydrogens (primary N) is 1. The average Bonchev–Trinajstić information content (AvgIpc) is 1.82. The standard InChI is InChI=1S/C9H19NO3/c1-5(10)6(8(12)13)7(11)9(2,3)4/h5-7,11H,10H2,1-4H3,(H,12,13)/t5-,6+,7-/m0/s1. The Balaban J connectivity index is 4.67. The van der Waals surface area contributed by atoms with Gasteiger partial charge in [0.1, 0.15) is 0 Å². The maximum absolute atomic E-state index is 10.8. The van der Waals surface area contributed by atoms with Crippen molar-refractivity contribution in [2.24, 2.45) is 17.1 Å². The number of hydrogen-bond acceptors (Lipinski definition) is 3. The van der Waals surface area contributed by atoms with Gasteiger partial charge < -0.3 is 15.9 Å². The van der Waals surface area contributed by atoms with Gasteiger partial charge in [-0.3, -0.25) is 4.79 Å². The lowest BCUT2D eigenvalue weighted by atomic mass is 9.79. The third-order valence-electron chi connectivity index (χ3n) is 2.08. The molecule has 78 valence electrons. The number of aliphatic hydroxyl groups excluding tert-OH is 1. The first kappa shape index (κ1) is 12.4. The Bertz CT molecular complexity index is 184. The highest BCUT2D eigenvalue weighted by atomic mass is 16.4. The minimum atomic E-state index is -1.04. The summed E-state index contributed by atoms with van der Waals surface area (Å²) < 4.78 is 0. The predicted molar refractivity (Wildman–Crippen MR) is 50.2 cm³/mol. The molecule has 0 unspecified atom stereocenters. The summed E-state index contributed by atoms with van der Waals surface area (Å²) in [6, 6.07) is -0.549. The van der Waals surface area contributed by atoms with Crippen LogP contribution in [0.25, 0.3) is 0 Å². The molecule has 0 bridgehead atoms. The van der Waals surface area contributed by atoms with Crippen molar-refractivity contribution >= 4 is 5.97 Å². The first-order valence-electron chi connectivity index (χ1n) is 4.34. The van der Waals surface area contributed by atoms with Crippen molar-refractivity contribution in [3.8, 4) is 0 Å². The molecule has 0 spiro atoms. The van der Waals surface area contributed by atoms with Crippen LogP contribution >= 0.6 is 0 Å². The number of carboxylic acids is 1. The van der Waals surface area contributed by atoms with Crippen LogP contribution < -0.4 is 5.73 Å². The lowest BCUT2D eigenvalue weighted by Crippen LogP contribution is -2.46. The van der Waals surface area contributed by atoms with E-state index in [1.54, 1.807) is 27.7 Å². The molecule has 0 aromatic heterocycles. The van der Waals surface area contributed by atoms with Crippen LogP contribution in [-0.2, 0) is 4.79 Å². The molecule has 0 heterocycles. The third-order valence-corrected chi connectivity index (χ3v) is 2.08. The number of carbonyl (C=O) groups is 1. The van der Waals surface area contributed by atoms with Crippen molar-refractivity contribution in [2.75, 3.05) is 0 Å². The van der Waals surface area contributed by atoms with Crippen molar-refractivity contribution in [1.82, 2.24) is 0 Å². The van der Waals surface area contributed by atoms with E-state index in [9.17, 15) is 9.90 Å². The lowest BCUT2D eigenvalue weighted by molar-refractivity contribution is -0.149. The molecular weight excluding hydrogens is 170 g/mol. The van der Waals surface area contributed by atoms with Gasteiger partial charge in [0.25, 0.3) is 0 Å². The van der Waals surface area contributed by atoms with E-state index in [1.807, 2.05) is 0 Å². The predicted octanol–water partition coefficient (Wildman–Crippen LogP) is 0.441. The van der Waals surface area contributed by atoms with Crippen LogP contribution in [0.1, 0.15) is 27.7 Å². The summed E-state index contributed by atoms with van der Waals surface area (Å²) in [5.41, 5.74) is 5.03. The molecule has 0 fully saturated rings. The van der Waals surface area contributed by atoms with E-state index in [0.717, 1.165) is 0 Å². The van der Waals surface area contributed by atoms with E-state index in [0.29, 0.717) is 0 Å². The zero-order valence-corrected chi connectivity index (χ0v) is 8.61. The maximum Gasteiger partial charge on any atom is 0.310 e. The van der Waals surface area contributed by atoms with Gasteiger partial charge >= 0.3 is 5.97 Å². The maximum atomic E-state index is 10.8.